The predicted octanol–water partition coefficient (Wildman–Crippen LogP) is -2.16. The third kappa shape index (κ3) is 26.5. The summed E-state index contributed by atoms with van der Waals surface area (Å²) in [6.45, 7) is 0. The molecule has 43 heteroatoms. The summed E-state index contributed by atoms with van der Waals surface area (Å²) in [4.78, 5) is 128. The fourth-order valence-corrected chi connectivity index (χ4v) is 12.6. The van der Waals surface area contributed by atoms with Crippen molar-refractivity contribution in [2.45, 2.75) is 22.3 Å². The van der Waals surface area contributed by atoms with Crippen LogP contribution in [0, 0.1) is 0 Å². The van der Waals surface area contributed by atoms with Gasteiger partial charge in [0.15, 0.2) is 22.3 Å². The van der Waals surface area contributed by atoms with E-state index in [2.05, 4.69) is 18.1 Å². The topological polar surface area (TPSA) is 531 Å². The van der Waals surface area contributed by atoms with E-state index in [-0.39, 0.29) is 122 Å². The van der Waals surface area contributed by atoms with E-state index in [0.29, 0.717) is 0 Å². The Hall–Kier alpha value is 1.09. The van der Waals surface area contributed by atoms with Crippen molar-refractivity contribution in [3.8, 4) is 23.0 Å². The summed E-state index contributed by atoms with van der Waals surface area (Å²) in [5.41, 5.74) is -12.6. The van der Waals surface area contributed by atoms with E-state index in [1.807, 2.05) is 0 Å². The van der Waals surface area contributed by atoms with E-state index in [4.69, 9.17) is 66.8 Å². The first-order chi connectivity index (χ1) is 30.6. The molecule has 0 amide bonds. The Morgan fingerprint density at radius 3 is 0.549 bits per heavy atom. The molecule has 4 aromatic rings. The molecule has 0 fully saturated rings. The molecule has 384 valence electrons. The molecule has 4 N–H and O–H groups in total. The maximum Gasteiger partial charge on any atom is 4.00 e. The van der Waals surface area contributed by atoms with Crippen molar-refractivity contribution in [3.05, 3.63) is 117 Å². The summed E-state index contributed by atoms with van der Waals surface area (Å²) in [5, 5.41) is 34.9. The molecule has 28 nitrogen and oxygen atoms in total. The number of para-hydroxylation sites is 4. The van der Waals surface area contributed by atoms with E-state index in [9.17, 15) is 95.2 Å². The van der Waals surface area contributed by atoms with Crippen LogP contribution in [0.4, 0.5) is 0 Å². The van der Waals surface area contributed by atoms with Crippen LogP contribution in [0.5, 0.6) is 23.0 Å². The predicted molar refractivity (Wildman–Crippen MR) is 213 cm³/mol. The first kappa shape index (κ1) is 76.3. The zero-order valence-corrected chi connectivity index (χ0v) is 51.3. The Balaban J connectivity index is -0.000000856. The number of halogens is 4. The van der Waals surface area contributed by atoms with Crippen LogP contribution in [0.2, 0.25) is 20.1 Å². The van der Waals surface area contributed by atoms with E-state index < -0.39 is 83.1 Å². The number of hydrogen-bond donors (Lipinski definition) is 4. The van der Waals surface area contributed by atoms with Crippen molar-refractivity contribution in [2.24, 2.45) is 0 Å². The van der Waals surface area contributed by atoms with Crippen LogP contribution < -0.4 is 76.8 Å². The van der Waals surface area contributed by atoms with Crippen molar-refractivity contribution < 1.29 is 212 Å². The number of hydrogen-bond acceptors (Lipinski definition) is 28. The van der Waals surface area contributed by atoms with Crippen molar-refractivity contribution in [3.63, 3.8) is 0 Å². The molecule has 8 unspecified atom stereocenters. The number of aliphatic hydroxyl groups is 4. The van der Waals surface area contributed by atoms with Crippen LogP contribution in [0.15, 0.2) is 97.1 Å². The molecule has 4 aromatic carbocycles. The van der Waals surface area contributed by atoms with Crippen molar-refractivity contribution in [2.75, 3.05) is 0 Å². The molecule has 0 radical (unpaired) electrons. The minimum atomic E-state index is -5.72. The second-order valence-corrected chi connectivity index (χ2v) is 28.3. The molecule has 71 heavy (non-hydrogen) atoms. The fraction of sp³-hybridized carbons (Fsp3) is 0.143. The van der Waals surface area contributed by atoms with Gasteiger partial charge in [0.25, 0.3) is 0 Å². The zero-order valence-electron chi connectivity index (χ0n) is 33.7. The molecule has 4 rings (SSSR count). The van der Waals surface area contributed by atoms with Gasteiger partial charge < -0.3 is 116 Å². The van der Waals surface area contributed by atoms with Gasteiger partial charge in [0.2, 0.25) is 30.4 Å². The molecule has 0 aliphatic rings. The average Bonchev–Trinajstić information content (AvgIpc) is 3.19. The molecule has 0 spiro atoms. The molecule has 0 saturated carbocycles. The van der Waals surface area contributed by atoms with E-state index in [0.717, 1.165) is 24.3 Å². The Morgan fingerprint density at radius 2 is 0.437 bits per heavy atom. The Labute approximate surface area is 477 Å². The van der Waals surface area contributed by atoms with Gasteiger partial charge in [-0.2, -0.15) is 0 Å². The molecule has 0 heterocycles. The normalized spacial score (nSPS) is 16.5. The van der Waals surface area contributed by atoms with Gasteiger partial charge in [0, 0.05) is 0 Å². The Kier molecular flexibility index (Phi) is 34.0. The third-order valence-electron chi connectivity index (χ3n) is 6.51. The van der Waals surface area contributed by atoms with E-state index >= 15 is 0 Å². The molecule has 8 atom stereocenters. The summed E-state index contributed by atoms with van der Waals surface area (Å²) in [5.74, 6) is -1.50. The summed E-state index contributed by atoms with van der Waals surface area (Å²) >= 11 is 22.2. The van der Waals surface area contributed by atoms with Crippen LogP contribution in [0.3, 0.4) is 0 Å². The van der Waals surface area contributed by atoms with Crippen LogP contribution >= 0.6 is 107 Å². The maximum atomic E-state index is 11.2. The molecule has 0 aliphatic carbocycles. The van der Waals surface area contributed by atoms with Gasteiger partial charge in [-0.15, -0.1) is 0 Å². The maximum absolute atomic E-state index is 11.2. The minimum Gasteiger partial charge on any atom is -0.809 e. The van der Waals surface area contributed by atoms with Crippen molar-refractivity contribution in [1.29, 1.82) is 0 Å². The number of benzene rings is 4. The quantitative estimate of drug-likeness (QED) is 0.0868. The van der Waals surface area contributed by atoms with Crippen molar-refractivity contribution in [1.82, 2.24) is 0 Å². The summed E-state index contributed by atoms with van der Waals surface area (Å²) in [7, 11) is -44.2. The smallest absolute Gasteiger partial charge is 0.809 e. The first-order valence-corrected chi connectivity index (χ1v) is 30.8. The summed E-state index contributed by atoms with van der Waals surface area (Å²) < 4.78 is 104. The molecule has 0 saturated heterocycles. The molecule has 0 aliphatic heterocycles. The van der Waals surface area contributed by atoms with Gasteiger partial charge in [0.05, 0.1) is 20.1 Å². The van der Waals surface area contributed by atoms with E-state index in [1.165, 1.54) is 72.8 Å². The Morgan fingerprint density at radius 1 is 0.310 bits per heavy atom. The SMILES string of the molecule is O=P([O-])([O-])C(O)P(=O)([O-])Oc1ccccc1Cl.O=P([O-])([O-])C(O)P(=O)([O-])Oc1ccccc1Cl.O=P([O-])([O-])C(O)P(=O)([O-])Oc1ccccc1Cl.O=P([O-])([O-])C(O)P(=O)([O-])Oc1ccccc1Cl.[Zr+4].[Zr+4].[Zr+4]. The summed E-state index contributed by atoms with van der Waals surface area (Å²) in [6, 6.07) is 21.1. The van der Waals surface area contributed by atoms with Gasteiger partial charge in [-0.05, 0) is 78.9 Å². The van der Waals surface area contributed by atoms with Crippen LogP contribution in [0.1, 0.15) is 0 Å². The van der Waals surface area contributed by atoms with Crippen LogP contribution in [-0.4, -0.2) is 42.8 Å². The average molecular weight is 1470 g/mol. The van der Waals surface area contributed by atoms with Gasteiger partial charge >= 0.3 is 78.6 Å². The third-order valence-corrected chi connectivity index (χ3v) is 20.9. The second kappa shape index (κ2) is 31.6. The monoisotopic (exact) mass is 1470 g/mol. The molecular weight excluding hydrogens is 1450 g/mol. The number of aliphatic hydroxyl groups excluding tert-OH is 4. The minimum absolute atomic E-state index is 0. The van der Waals surface area contributed by atoms with Crippen molar-refractivity contribution >= 4 is 107 Å². The number of rotatable bonds is 16. The Bertz CT molecular complexity index is 2380. The van der Waals surface area contributed by atoms with E-state index in [1.54, 1.807) is 0 Å². The zero-order chi connectivity index (χ0) is 53.1. The van der Waals surface area contributed by atoms with Gasteiger partial charge in [-0.25, -0.2) is 0 Å². The van der Waals surface area contributed by atoms with Gasteiger partial charge in [-0.3, -0.25) is 18.3 Å². The summed E-state index contributed by atoms with van der Waals surface area (Å²) in [6.07, 6.45) is 0. The standard InChI is InChI=1S/4C7H9ClO7P2.3Zr/c4*8-5-3-1-2-4-6(5)15-17(13,14)7(9)16(10,11)12;;;/h4*1-4,7,9H,(H,13,14)(H2,10,11,12);;;/q;;;;3*+4/p-12. The van der Waals surface area contributed by atoms with Gasteiger partial charge in [-0.1, -0.05) is 94.9 Å². The van der Waals surface area contributed by atoms with Crippen LogP contribution in [-0.2, 0) is 115 Å². The molecule has 0 bridgehead atoms. The largest absolute Gasteiger partial charge is 4.00 e. The van der Waals surface area contributed by atoms with Gasteiger partial charge in [0.1, 0.15) is 23.0 Å². The molecular formula is C28H24Cl4O28P8Zr3. The second-order valence-electron chi connectivity index (χ2n) is 11.8. The van der Waals surface area contributed by atoms with Crippen LogP contribution in [0.25, 0.3) is 0 Å². The molecule has 0 aromatic heterocycles. The fourth-order valence-electron chi connectivity index (χ4n) is 3.50. The first-order valence-electron chi connectivity index (χ1n) is 16.4.